The number of methoxy groups -OCH3 is 1. The van der Waals surface area contributed by atoms with Gasteiger partial charge in [0.1, 0.15) is 12.6 Å². The molecule has 0 spiro atoms. The lowest BCUT2D eigenvalue weighted by Gasteiger charge is -2.28. The van der Waals surface area contributed by atoms with Crippen molar-refractivity contribution in [2.24, 2.45) is 0 Å². The highest BCUT2D eigenvalue weighted by molar-refractivity contribution is 6.30. The summed E-state index contributed by atoms with van der Waals surface area (Å²) in [5.41, 5.74) is 2.71. The van der Waals surface area contributed by atoms with E-state index in [1.54, 1.807) is 38.6 Å². The Morgan fingerprint density at radius 1 is 1.21 bits per heavy atom. The number of tetrazole rings is 1. The van der Waals surface area contributed by atoms with Gasteiger partial charge in [-0.15, -0.1) is 0 Å². The van der Waals surface area contributed by atoms with Crippen LogP contribution in [0.15, 0.2) is 53.7 Å². The van der Waals surface area contributed by atoms with Gasteiger partial charge in [-0.05, 0) is 66.6 Å². The zero-order chi connectivity index (χ0) is 23.5. The molecule has 1 aliphatic heterocycles. The number of carbonyl (C=O) groups is 1. The largest absolute Gasteiger partial charge is 0.493 e. The van der Waals surface area contributed by atoms with Crippen molar-refractivity contribution >= 4 is 23.5 Å². The summed E-state index contributed by atoms with van der Waals surface area (Å²) < 4.78 is 18.6. The number of anilines is 1. The molecule has 9 nitrogen and oxygen atoms in total. The summed E-state index contributed by atoms with van der Waals surface area (Å²) in [6.45, 7) is 5.72. The van der Waals surface area contributed by atoms with Crippen LogP contribution < -0.4 is 14.8 Å². The Balaban J connectivity index is 1.68. The third kappa shape index (κ3) is 4.78. The third-order valence-corrected chi connectivity index (χ3v) is 5.30. The van der Waals surface area contributed by atoms with Crippen LogP contribution in [0.2, 0.25) is 5.02 Å². The molecule has 1 N–H and O–H groups in total. The molecule has 3 aromatic rings. The van der Waals surface area contributed by atoms with Crippen LogP contribution in [0.25, 0.3) is 0 Å². The molecule has 10 heteroatoms. The molecule has 1 aliphatic rings. The first kappa shape index (κ1) is 22.6. The lowest BCUT2D eigenvalue weighted by molar-refractivity contribution is -0.143. The number of rotatable bonds is 7. The zero-order valence-electron chi connectivity index (χ0n) is 18.7. The van der Waals surface area contributed by atoms with E-state index in [0.29, 0.717) is 40.3 Å². The third-order valence-electron chi connectivity index (χ3n) is 5.06. The van der Waals surface area contributed by atoms with Gasteiger partial charge < -0.3 is 19.5 Å². The van der Waals surface area contributed by atoms with Gasteiger partial charge in [-0.3, -0.25) is 0 Å². The Labute approximate surface area is 196 Å². The number of ether oxygens (including phenoxy) is 3. The maximum atomic E-state index is 13.0. The lowest BCUT2D eigenvalue weighted by atomic mass is 9.95. The summed E-state index contributed by atoms with van der Waals surface area (Å²) in [6, 6.07) is 12.3. The van der Waals surface area contributed by atoms with Gasteiger partial charge in [-0.1, -0.05) is 34.9 Å². The van der Waals surface area contributed by atoms with E-state index >= 15 is 0 Å². The molecule has 2 aromatic carbocycles. The number of nitrogens with zero attached hydrogens (tertiary/aromatic N) is 4. The SMILES string of the molecule is COc1cc(C2C(C(=O)OC(C)C)=C(C)Nc3nnnn32)ccc1OCc1cccc(Cl)c1. The first-order valence-electron chi connectivity index (χ1n) is 10.4. The molecule has 0 amide bonds. The molecule has 1 unspecified atom stereocenters. The minimum atomic E-state index is -0.599. The summed E-state index contributed by atoms with van der Waals surface area (Å²) in [6.07, 6.45) is -0.273. The maximum absolute atomic E-state index is 13.0. The van der Waals surface area contributed by atoms with E-state index in [-0.39, 0.29) is 6.10 Å². The van der Waals surface area contributed by atoms with Crippen molar-refractivity contribution < 1.29 is 19.0 Å². The quantitative estimate of drug-likeness (QED) is 0.515. The molecule has 2 heterocycles. The van der Waals surface area contributed by atoms with Gasteiger partial charge in [0.15, 0.2) is 11.5 Å². The molecule has 0 aliphatic carbocycles. The number of benzene rings is 2. The monoisotopic (exact) mass is 469 g/mol. The predicted octanol–water partition coefficient (Wildman–Crippen LogP) is 4.15. The second kappa shape index (κ2) is 9.50. The topological polar surface area (TPSA) is 100 Å². The summed E-state index contributed by atoms with van der Waals surface area (Å²) in [5, 5.41) is 15.6. The summed E-state index contributed by atoms with van der Waals surface area (Å²) >= 11 is 6.06. The van der Waals surface area contributed by atoms with Crippen molar-refractivity contribution in [2.45, 2.75) is 39.5 Å². The molecule has 1 atom stereocenters. The number of aromatic nitrogens is 4. The van der Waals surface area contributed by atoms with Crippen LogP contribution in [-0.2, 0) is 16.1 Å². The molecule has 0 fully saturated rings. The number of fused-ring (bicyclic) bond motifs is 1. The van der Waals surface area contributed by atoms with E-state index in [0.717, 1.165) is 11.1 Å². The van der Waals surface area contributed by atoms with Gasteiger partial charge >= 0.3 is 5.97 Å². The molecule has 33 heavy (non-hydrogen) atoms. The number of esters is 1. The van der Waals surface area contributed by atoms with E-state index < -0.39 is 12.0 Å². The number of allylic oxidation sites excluding steroid dienone is 1. The van der Waals surface area contributed by atoms with E-state index in [1.807, 2.05) is 36.4 Å². The molecule has 0 saturated heterocycles. The van der Waals surface area contributed by atoms with Crippen molar-refractivity contribution in [1.82, 2.24) is 20.2 Å². The molecule has 0 saturated carbocycles. The summed E-state index contributed by atoms with van der Waals surface area (Å²) in [7, 11) is 1.56. The highest BCUT2D eigenvalue weighted by Gasteiger charge is 2.35. The molecule has 0 bridgehead atoms. The lowest BCUT2D eigenvalue weighted by Crippen LogP contribution is -2.30. The van der Waals surface area contributed by atoms with Crippen LogP contribution in [0.3, 0.4) is 0 Å². The van der Waals surface area contributed by atoms with Gasteiger partial charge in [0.2, 0.25) is 5.95 Å². The Morgan fingerprint density at radius 2 is 2.03 bits per heavy atom. The fraction of sp³-hybridized carbons (Fsp3) is 0.304. The average molecular weight is 470 g/mol. The molecular weight excluding hydrogens is 446 g/mol. The minimum absolute atomic E-state index is 0.273. The Morgan fingerprint density at radius 3 is 2.76 bits per heavy atom. The van der Waals surface area contributed by atoms with E-state index in [4.69, 9.17) is 25.8 Å². The summed E-state index contributed by atoms with van der Waals surface area (Å²) in [4.78, 5) is 13.0. The fourth-order valence-electron chi connectivity index (χ4n) is 3.62. The predicted molar refractivity (Wildman–Crippen MR) is 122 cm³/mol. The standard InChI is InChI=1S/C23H24ClN5O4/c1-13(2)33-22(30)20-14(3)25-23-26-27-28-29(23)21(20)16-8-9-18(19(11-16)31-4)32-12-15-6-5-7-17(24)10-15/h5-11,13,21H,12H2,1-4H3,(H,25,26,28). The van der Waals surface area contributed by atoms with E-state index in [2.05, 4.69) is 20.8 Å². The highest BCUT2D eigenvalue weighted by Crippen LogP contribution is 2.39. The van der Waals surface area contributed by atoms with Crippen LogP contribution in [0.4, 0.5) is 5.95 Å². The highest BCUT2D eigenvalue weighted by atomic mass is 35.5. The number of carbonyl (C=O) groups excluding carboxylic acids is 1. The molecule has 172 valence electrons. The minimum Gasteiger partial charge on any atom is -0.493 e. The molecule has 1 aromatic heterocycles. The number of halogens is 1. The first-order valence-corrected chi connectivity index (χ1v) is 10.8. The summed E-state index contributed by atoms with van der Waals surface area (Å²) in [5.74, 6) is 1.05. The van der Waals surface area contributed by atoms with Gasteiger partial charge in [0.25, 0.3) is 0 Å². The Kier molecular flexibility index (Phi) is 6.50. The molecule has 0 radical (unpaired) electrons. The molecule has 4 rings (SSSR count). The van der Waals surface area contributed by atoms with Crippen molar-refractivity contribution in [3.63, 3.8) is 0 Å². The smallest absolute Gasteiger partial charge is 0.338 e. The second-order valence-electron chi connectivity index (χ2n) is 7.80. The fourth-order valence-corrected chi connectivity index (χ4v) is 3.84. The molecular formula is C23H24ClN5O4. The van der Waals surface area contributed by atoms with Gasteiger partial charge in [-0.2, -0.15) is 4.68 Å². The first-order chi connectivity index (χ1) is 15.9. The van der Waals surface area contributed by atoms with Gasteiger partial charge in [0.05, 0.1) is 18.8 Å². The Bertz CT molecular complexity index is 1210. The van der Waals surface area contributed by atoms with Crippen molar-refractivity contribution in [2.75, 3.05) is 12.4 Å². The maximum Gasteiger partial charge on any atom is 0.338 e. The van der Waals surface area contributed by atoms with Crippen LogP contribution in [-0.4, -0.2) is 39.4 Å². The van der Waals surface area contributed by atoms with Crippen LogP contribution >= 0.6 is 11.6 Å². The Hall–Kier alpha value is -3.59. The van der Waals surface area contributed by atoms with Gasteiger partial charge in [0, 0.05) is 10.7 Å². The van der Waals surface area contributed by atoms with Crippen LogP contribution in [0.1, 0.15) is 37.9 Å². The van der Waals surface area contributed by atoms with Crippen molar-refractivity contribution in [1.29, 1.82) is 0 Å². The number of nitrogens with one attached hydrogen (secondary N) is 1. The van der Waals surface area contributed by atoms with E-state index in [1.165, 1.54) is 0 Å². The average Bonchev–Trinajstić information content (AvgIpc) is 3.24. The normalized spacial score (nSPS) is 15.2. The van der Waals surface area contributed by atoms with Crippen LogP contribution in [0, 0.1) is 0 Å². The van der Waals surface area contributed by atoms with E-state index in [9.17, 15) is 4.79 Å². The zero-order valence-corrected chi connectivity index (χ0v) is 19.5. The van der Waals surface area contributed by atoms with Crippen LogP contribution in [0.5, 0.6) is 11.5 Å². The van der Waals surface area contributed by atoms with Crippen molar-refractivity contribution in [3.05, 3.63) is 69.9 Å². The van der Waals surface area contributed by atoms with Gasteiger partial charge in [-0.25, -0.2) is 4.79 Å². The number of hydrogen-bond donors (Lipinski definition) is 1. The number of hydrogen-bond acceptors (Lipinski definition) is 8. The second-order valence-corrected chi connectivity index (χ2v) is 8.23. The van der Waals surface area contributed by atoms with Crippen molar-refractivity contribution in [3.8, 4) is 11.5 Å².